The quantitative estimate of drug-likeness (QED) is 0.566. The molecule has 1 atom stereocenters. The van der Waals surface area contributed by atoms with Gasteiger partial charge in [-0.05, 0) is 74.5 Å². The third-order valence-corrected chi connectivity index (χ3v) is 7.17. The average Bonchev–Trinajstić information content (AvgIpc) is 3.01. The van der Waals surface area contributed by atoms with Crippen LogP contribution in [0.25, 0.3) is 10.8 Å². The predicted octanol–water partition coefficient (Wildman–Crippen LogP) is 3.82. The Bertz CT molecular complexity index is 1200. The largest absolute Gasteiger partial charge is 0.322 e. The highest BCUT2D eigenvalue weighted by Gasteiger charge is 2.24. The summed E-state index contributed by atoms with van der Waals surface area (Å²) in [5, 5.41) is 7.36. The van der Waals surface area contributed by atoms with Crippen molar-refractivity contribution in [3.8, 4) is 0 Å². The van der Waals surface area contributed by atoms with Gasteiger partial charge in [0.05, 0.1) is 4.90 Å². The summed E-state index contributed by atoms with van der Waals surface area (Å²) in [4.78, 5) is 13.2. The number of rotatable bonds is 5. The Kier molecular flexibility index (Phi) is 6.36. The number of benzene rings is 3. The number of nitrogens with one attached hydrogen (secondary N) is 3. The molecule has 31 heavy (non-hydrogen) atoms. The average molecular weight is 438 g/mol. The van der Waals surface area contributed by atoms with Crippen LogP contribution in [0.4, 0.5) is 5.69 Å². The summed E-state index contributed by atoms with van der Waals surface area (Å²) in [5.74, 6) is -0.270. The standard InChI is InChI=1S/C24H27N3O3S/c1-17-6-2-7-19(16-17)26-24(28)22-11-3-10-21-20(22)9-4-12-23(21)31(29,30)27-18-8-5-14-25-15-13-18/h2-4,6-7,9-12,16,18,25,27H,5,8,13-15H2,1H3,(H,26,28). The number of sulfonamides is 1. The SMILES string of the molecule is Cc1cccc(NC(=O)c2cccc3c(S(=O)(=O)NC4CCCNCC4)cccc23)c1. The van der Waals surface area contributed by atoms with E-state index in [1.165, 1.54) is 0 Å². The molecule has 1 saturated heterocycles. The molecule has 0 spiro atoms. The second kappa shape index (κ2) is 9.18. The summed E-state index contributed by atoms with van der Waals surface area (Å²) >= 11 is 0. The zero-order valence-electron chi connectivity index (χ0n) is 17.5. The minimum atomic E-state index is -3.72. The third kappa shape index (κ3) is 4.95. The lowest BCUT2D eigenvalue weighted by atomic mass is 10.0. The first kappa shape index (κ1) is 21.5. The minimum absolute atomic E-state index is 0.0944. The van der Waals surface area contributed by atoms with E-state index in [1.807, 2.05) is 31.2 Å². The zero-order chi connectivity index (χ0) is 21.8. The first-order valence-corrected chi connectivity index (χ1v) is 12.1. The molecule has 0 aromatic heterocycles. The van der Waals surface area contributed by atoms with E-state index in [9.17, 15) is 13.2 Å². The van der Waals surface area contributed by atoms with E-state index in [4.69, 9.17) is 0 Å². The number of aryl methyl sites for hydroxylation is 1. The topological polar surface area (TPSA) is 87.3 Å². The van der Waals surface area contributed by atoms with Gasteiger partial charge in [-0.15, -0.1) is 0 Å². The lowest BCUT2D eigenvalue weighted by Gasteiger charge is -2.17. The molecule has 0 radical (unpaired) electrons. The van der Waals surface area contributed by atoms with E-state index in [-0.39, 0.29) is 16.8 Å². The number of hydrogen-bond acceptors (Lipinski definition) is 4. The van der Waals surface area contributed by atoms with Gasteiger partial charge in [0.2, 0.25) is 10.0 Å². The Labute approximate surface area is 183 Å². The van der Waals surface area contributed by atoms with Gasteiger partial charge in [-0.1, -0.05) is 36.4 Å². The van der Waals surface area contributed by atoms with Crippen LogP contribution in [-0.2, 0) is 10.0 Å². The highest BCUT2D eigenvalue weighted by Crippen LogP contribution is 2.27. The van der Waals surface area contributed by atoms with Gasteiger partial charge in [-0.3, -0.25) is 4.79 Å². The van der Waals surface area contributed by atoms with Gasteiger partial charge >= 0.3 is 0 Å². The molecular weight excluding hydrogens is 410 g/mol. The van der Waals surface area contributed by atoms with Gasteiger partial charge in [-0.25, -0.2) is 13.1 Å². The highest BCUT2D eigenvalue weighted by atomic mass is 32.2. The molecule has 0 saturated carbocycles. The number of anilines is 1. The summed E-state index contributed by atoms with van der Waals surface area (Å²) in [6, 6.07) is 17.7. The fourth-order valence-electron chi connectivity index (χ4n) is 4.05. The van der Waals surface area contributed by atoms with Crippen molar-refractivity contribution in [2.75, 3.05) is 18.4 Å². The van der Waals surface area contributed by atoms with E-state index in [0.29, 0.717) is 22.0 Å². The van der Waals surface area contributed by atoms with Gasteiger partial charge in [0.1, 0.15) is 0 Å². The molecule has 1 heterocycles. The summed E-state index contributed by atoms with van der Waals surface area (Å²) in [6.45, 7) is 3.67. The summed E-state index contributed by atoms with van der Waals surface area (Å²) in [7, 11) is -3.72. The second-order valence-corrected chi connectivity index (χ2v) is 9.66. The minimum Gasteiger partial charge on any atom is -0.322 e. The maximum atomic E-state index is 13.2. The van der Waals surface area contributed by atoms with E-state index in [1.54, 1.807) is 36.4 Å². The zero-order valence-corrected chi connectivity index (χ0v) is 18.3. The molecule has 4 rings (SSSR count). The van der Waals surface area contributed by atoms with Gasteiger partial charge < -0.3 is 10.6 Å². The van der Waals surface area contributed by atoms with Crippen molar-refractivity contribution in [2.24, 2.45) is 0 Å². The monoisotopic (exact) mass is 437 g/mol. The molecule has 1 unspecified atom stereocenters. The summed E-state index contributed by atoms with van der Waals surface area (Å²) < 4.78 is 29.3. The molecule has 6 nitrogen and oxygen atoms in total. The van der Waals surface area contributed by atoms with Crippen molar-refractivity contribution in [3.05, 3.63) is 71.8 Å². The molecule has 7 heteroatoms. The number of fused-ring (bicyclic) bond motifs is 1. The number of amides is 1. The lowest BCUT2D eigenvalue weighted by Crippen LogP contribution is -2.35. The first-order chi connectivity index (χ1) is 14.9. The number of hydrogen-bond donors (Lipinski definition) is 3. The van der Waals surface area contributed by atoms with Crippen molar-refractivity contribution in [3.63, 3.8) is 0 Å². The van der Waals surface area contributed by atoms with E-state index in [2.05, 4.69) is 15.4 Å². The number of carbonyl (C=O) groups is 1. The highest BCUT2D eigenvalue weighted by molar-refractivity contribution is 7.89. The van der Waals surface area contributed by atoms with Crippen molar-refractivity contribution in [2.45, 2.75) is 37.1 Å². The van der Waals surface area contributed by atoms with Crippen LogP contribution in [0.2, 0.25) is 0 Å². The summed E-state index contributed by atoms with van der Waals surface area (Å²) in [6.07, 6.45) is 2.50. The Morgan fingerprint density at radius 3 is 2.58 bits per heavy atom. The van der Waals surface area contributed by atoms with Gasteiger partial charge in [0.15, 0.2) is 0 Å². The van der Waals surface area contributed by atoms with Crippen molar-refractivity contribution in [1.82, 2.24) is 10.0 Å². The molecule has 162 valence electrons. The molecule has 3 N–H and O–H groups in total. The van der Waals surface area contributed by atoms with Crippen molar-refractivity contribution < 1.29 is 13.2 Å². The van der Waals surface area contributed by atoms with Crippen LogP contribution in [0.1, 0.15) is 35.2 Å². The normalized spacial score (nSPS) is 17.3. The van der Waals surface area contributed by atoms with Gasteiger partial charge in [0, 0.05) is 22.7 Å². The molecule has 1 aliphatic heterocycles. The molecule has 1 aliphatic rings. The summed E-state index contributed by atoms with van der Waals surface area (Å²) in [5.41, 5.74) is 2.19. The fraction of sp³-hybridized carbons (Fsp3) is 0.292. The Morgan fingerprint density at radius 2 is 1.74 bits per heavy atom. The molecule has 0 aliphatic carbocycles. The van der Waals surface area contributed by atoms with Crippen LogP contribution < -0.4 is 15.4 Å². The maximum absolute atomic E-state index is 13.2. The van der Waals surface area contributed by atoms with Crippen LogP contribution in [0, 0.1) is 6.92 Å². The van der Waals surface area contributed by atoms with E-state index >= 15 is 0 Å². The molecular formula is C24H27N3O3S. The fourth-order valence-corrected chi connectivity index (χ4v) is 5.58. The molecule has 1 fully saturated rings. The first-order valence-electron chi connectivity index (χ1n) is 10.6. The van der Waals surface area contributed by atoms with Crippen molar-refractivity contribution >= 4 is 32.4 Å². The third-order valence-electron chi connectivity index (χ3n) is 5.59. The van der Waals surface area contributed by atoms with Gasteiger partial charge in [-0.2, -0.15) is 0 Å². The molecule has 1 amide bonds. The van der Waals surface area contributed by atoms with E-state index < -0.39 is 10.0 Å². The van der Waals surface area contributed by atoms with Crippen LogP contribution >= 0.6 is 0 Å². The second-order valence-electron chi connectivity index (χ2n) is 7.98. The molecule has 3 aromatic rings. The van der Waals surface area contributed by atoms with Crippen LogP contribution in [-0.4, -0.2) is 33.5 Å². The van der Waals surface area contributed by atoms with Crippen LogP contribution in [0.5, 0.6) is 0 Å². The molecule has 0 bridgehead atoms. The Morgan fingerprint density at radius 1 is 0.968 bits per heavy atom. The van der Waals surface area contributed by atoms with Crippen LogP contribution in [0.3, 0.4) is 0 Å². The Hall–Kier alpha value is -2.74. The maximum Gasteiger partial charge on any atom is 0.256 e. The molecule has 3 aromatic carbocycles. The van der Waals surface area contributed by atoms with Crippen molar-refractivity contribution in [1.29, 1.82) is 0 Å². The number of carbonyl (C=O) groups excluding carboxylic acids is 1. The van der Waals surface area contributed by atoms with Crippen LogP contribution in [0.15, 0.2) is 65.6 Å². The lowest BCUT2D eigenvalue weighted by molar-refractivity contribution is 0.102. The predicted molar refractivity (Wildman–Crippen MR) is 124 cm³/mol. The Balaban J connectivity index is 1.66. The van der Waals surface area contributed by atoms with E-state index in [0.717, 1.165) is 37.9 Å². The smallest absolute Gasteiger partial charge is 0.256 e. The van der Waals surface area contributed by atoms with Gasteiger partial charge in [0.25, 0.3) is 5.91 Å².